The summed E-state index contributed by atoms with van der Waals surface area (Å²) in [6.07, 6.45) is 2.95. The summed E-state index contributed by atoms with van der Waals surface area (Å²) < 4.78 is 1.84. The molecule has 1 aliphatic heterocycles. The lowest BCUT2D eigenvalue weighted by atomic mass is 10.0. The van der Waals surface area contributed by atoms with E-state index in [1.807, 2.05) is 10.6 Å². The molecule has 0 bridgehead atoms. The predicted octanol–water partition coefficient (Wildman–Crippen LogP) is 1.90. The number of fused-ring (bicyclic) bond motifs is 1. The van der Waals surface area contributed by atoms with Gasteiger partial charge in [0.25, 0.3) is 5.56 Å². The van der Waals surface area contributed by atoms with E-state index in [0.717, 1.165) is 56.7 Å². The van der Waals surface area contributed by atoms with Gasteiger partial charge in [-0.25, -0.2) is 0 Å². The first kappa shape index (κ1) is 13.8. The van der Waals surface area contributed by atoms with Crippen LogP contribution < -0.4 is 5.56 Å². The molecule has 0 fully saturated rings. The molecule has 0 spiro atoms. The van der Waals surface area contributed by atoms with E-state index in [4.69, 9.17) is 5.26 Å². The number of pyridine rings is 1. The van der Waals surface area contributed by atoms with Crippen molar-refractivity contribution in [1.82, 2.24) is 9.47 Å². The van der Waals surface area contributed by atoms with Crippen LogP contribution in [-0.2, 0) is 19.5 Å². The smallest absolute Gasteiger partial charge is 0.268 e. The molecule has 0 aromatic carbocycles. The average Bonchev–Trinajstić information content (AvgIpc) is 2.45. The summed E-state index contributed by atoms with van der Waals surface area (Å²) in [5.74, 6) is 0. The lowest BCUT2D eigenvalue weighted by Gasteiger charge is -2.29. The Hall–Kier alpha value is -1.60. The minimum Gasteiger partial charge on any atom is -0.311 e. The number of nitriles is 1. The van der Waals surface area contributed by atoms with Crippen LogP contribution in [0, 0.1) is 11.3 Å². The van der Waals surface area contributed by atoms with Gasteiger partial charge in [-0.2, -0.15) is 5.26 Å². The van der Waals surface area contributed by atoms with Gasteiger partial charge in [0.05, 0.1) is 0 Å². The van der Waals surface area contributed by atoms with Gasteiger partial charge >= 0.3 is 0 Å². The molecule has 2 heterocycles. The molecule has 4 heteroatoms. The molecule has 0 N–H and O–H groups in total. The minimum absolute atomic E-state index is 0.111. The van der Waals surface area contributed by atoms with E-state index >= 15 is 0 Å². The van der Waals surface area contributed by atoms with E-state index in [2.05, 4.69) is 18.7 Å². The lowest BCUT2D eigenvalue weighted by Crippen LogP contribution is -2.36. The van der Waals surface area contributed by atoms with Gasteiger partial charge in [0.1, 0.15) is 11.6 Å². The first-order valence-corrected chi connectivity index (χ1v) is 7.09. The maximum absolute atomic E-state index is 12.3. The van der Waals surface area contributed by atoms with E-state index in [1.54, 1.807) is 6.07 Å². The van der Waals surface area contributed by atoms with Crippen molar-refractivity contribution < 1.29 is 0 Å². The van der Waals surface area contributed by atoms with Crippen LogP contribution in [0.25, 0.3) is 0 Å². The third-order valence-electron chi connectivity index (χ3n) is 3.85. The van der Waals surface area contributed by atoms with Crippen LogP contribution in [0.4, 0.5) is 0 Å². The maximum atomic E-state index is 12.3. The molecule has 0 amide bonds. The molecule has 0 atom stereocenters. The van der Waals surface area contributed by atoms with Crippen LogP contribution in [0.15, 0.2) is 10.9 Å². The van der Waals surface area contributed by atoms with Gasteiger partial charge in [-0.05, 0) is 24.6 Å². The molecule has 0 unspecified atom stereocenters. The van der Waals surface area contributed by atoms with Crippen LogP contribution in [0.1, 0.15) is 43.5 Å². The second-order valence-electron chi connectivity index (χ2n) is 5.07. The summed E-state index contributed by atoms with van der Waals surface area (Å²) in [4.78, 5) is 14.6. The Morgan fingerprint density at radius 3 is 2.84 bits per heavy atom. The Balaban J connectivity index is 2.47. The van der Waals surface area contributed by atoms with E-state index in [-0.39, 0.29) is 11.1 Å². The Kier molecular flexibility index (Phi) is 4.39. The van der Waals surface area contributed by atoms with Crippen molar-refractivity contribution in [2.24, 2.45) is 0 Å². The summed E-state index contributed by atoms with van der Waals surface area (Å²) in [6, 6.07) is 3.84. The Morgan fingerprint density at radius 2 is 2.21 bits per heavy atom. The number of nitrogens with zero attached hydrogens (tertiary/aromatic N) is 3. The average molecular weight is 259 g/mol. The van der Waals surface area contributed by atoms with Gasteiger partial charge < -0.3 is 4.57 Å². The van der Waals surface area contributed by atoms with E-state index < -0.39 is 0 Å². The molecule has 1 aromatic rings. The fourth-order valence-corrected chi connectivity index (χ4v) is 2.68. The van der Waals surface area contributed by atoms with Crippen molar-refractivity contribution in [2.75, 3.05) is 13.1 Å². The number of rotatable bonds is 4. The van der Waals surface area contributed by atoms with Crippen molar-refractivity contribution in [3.63, 3.8) is 0 Å². The number of aromatic nitrogens is 1. The van der Waals surface area contributed by atoms with Crippen LogP contribution in [0.5, 0.6) is 0 Å². The first-order valence-electron chi connectivity index (χ1n) is 7.09. The summed E-state index contributed by atoms with van der Waals surface area (Å²) in [5.41, 5.74) is 2.47. The number of likely N-dealkylation sites (N-methyl/N-ethyl adjacent to an activating group) is 1. The molecule has 2 rings (SSSR count). The molecule has 0 saturated carbocycles. The van der Waals surface area contributed by atoms with Gasteiger partial charge in [0.2, 0.25) is 0 Å². The zero-order valence-electron chi connectivity index (χ0n) is 11.8. The Bertz CT molecular complexity index is 554. The third kappa shape index (κ3) is 2.71. The molecule has 0 saturated heterocycles. The number of unbranched alkanes of at least 4 members (excludes halogenated alkanes) is 1. The van der Waals surface area contributed by atoms with Crippen molar-refractivity contribution in [1.29, 1.82) is 5.26 Å². The molecule has 19 heavy (non-hydrogen) atoms. The monoisotopic (exact) mass is 259 g/mol. The summed E-state index contributed by atoms with van der Waals surface area (Å²) in [5, 5.41) is 9.12. The second kappa shape index (κ2) is 6.03. The SMILES string of the molecule is CCCCn1c2c(cc(C#N)c1=O)CN(CC)CC2. The summed E-state index contributed by atoms with van der Waals surface area (Å²) >= 11 is 0. The lowest BCUT2D eigenvalue weighted by molar-refractivity contribution is 0.261. The van der Waals surface area contributed by atoms with E-state index in [0.29, 0.717) is 0 Å². The van der Waals surface area contributed by atoms with Gasteiger partial charge in [0, 0.05) is 31.7 Å². The van der Waals surface area contributed by atoms with Crippen LogP contribution >= 0.6 is 0 Å². The quantitative estimate of drug-likeness (QED) is 0.829. The normalized spacial score (nSPS) is 15.0. The molecule has 102 valence electrons. The fourth-order valence-electron chi connectivity index (χ4n) is 2.68. The number of hydrogen-bond acceptors (Lipinski definition) is 3. The third-order valence-corrected chi connectivity index (χ3v) is 3.85. The topological polar surface area (TPSA) is 49.0 Å². The molecule has 4 nitrogen and oxygen atoms in total. The fraction of sp³-hybridized carbons (Fsp3) is 0.600. The largest absolute Gasteiger partial charge is 0.311 e. The second-order valence-corrected chi connectivity index (χ2v) is 5.07. The molecule has 1 aliphatic rings. The zero-order chi connectivity index (χ0) is 13.8. The molecular weight excluding hydrogens is 238 g/mol. The predicted molar refractivity (Wildman–Crippen MR) is 75.0 cm³/mol. The maximum Gasteiger partial charge on any atom is 0.268 e. The van der Waals surface area contributed by atoms with Crippen molar-refractivity contribution in [2.45, 2.75) is 46.2 Å². The van der Waals surface area contributed by atoms with Gasteiger partial charge in [-0.15, -0.1) is 0 Å². The van der Waals surface area contributed by atoms with Gasteiger partial charge in [-0.1, -0.05) is 20.3 Å². The summed E-state index contributed by atoms with van der Waals surface area (Å²) in [6.45, 7) is 7.86. The highest BCUT2D eigenvalue weighted by molar-refractivity contribution is 5.35. The Labute approximate surface area is 114 Å². The summed E-state index contributed by atoms with van der Waals surface area (Å²) in [7, 11) is 0. The zero-order valence-corrected chi connectivity index (χ0v) is 11.8. The highest BCUT2D eigenvalue weighted by Crippen LogP contribution is 2.18. The van der Waals surface area contributed by atoms with Gasteiger partial charge in [-0.3, -0.25) is 9.69 Å². The van der Waals surface area contributed by atoms with Crippen LogP contribution in [0.3, 0.4) is 0 Å². The molecular formula is C15H21N3O. The Morgan fingerprint density at radius 1 is 1.42 bits per heavy atom. The highest BCUT2D eigenvalue weighted by atomic mass is 16.1. The highest BCUT2D eigenvalue weighted by Gasteiger charge is 2.20. The van der Waals surface area contributed by atoms with Crippen LogP contribution in [0.2, 0.25) is 0 Å². The van der Waals surface area contributed by atoms with E-state index in [1.165, 1.54) is 0 Å². The number of hydrogen-bond donors (Lipinski definition) is 0. The van der Waals surface area contributed by atoms with E-state index in [9.17, 15) is 4.79 Å². The van der Waals surface area contributed by atoms with Crippen molar-refractivity contribution in [3.8, 4) is 6.07 Å². The molecule has 1 aromatic heterocycles. The standard InChI is InChI=1S/C15H21N3O/c1-3-5-7-18-14-6-8-17(4-2)11-13(14)9-12(10-16)15(18)19/h9H,3-8,11H2,1-2H3. The van der Waals surface area contributed by atoms with Gasteiger partial charge in [0.15, 0.2) is 0 Å². The van der Waals surface area contributed by atoms with Crippen molar-refractivity contribution >= 4 is 0 Å². The first-order chi connectivity index (χ1) is 9.21. The molecule has 0 radical (unpaired) electrons. The van der Waals surface area contributed by atoms with Crippen LogP contribution in [-0.4, -0.2) is 22.6 Å². The minimum atomic E-state index is -0.111. The van der Waals surface area contributed by atoms with Crippen molar-refractivity contribution in [3.05, 3.63) is 33.2 Å². The molecule has 0 aliphatic carbocycles.